The molecule has 4 heteroatoms. The summed E-state index contributed by atoms with van der Waals surface area (Å²) in [5.41, 5.74) is 2.82. The third kappa shape index (κ3) is 3.83. The van der Waals surface area contributed by atoms with Crippen molar-refractivity contribution >= 4 is 5.91 Å². The van der Waals surface area contributed by atoms with Crippen LogP contribution in [-0.4, -0.2) is 30.6 Å². The average Bonchev–Trinajstić information content (AvgIpc) is 2.39. The van der Waals surface area contributed by atoms with Crippen molar-refractivity contribution in [2.24, 2.45) is 0 Å². The Labute approximate surface area is 113 Å². The fraction of sp³-hybridized carbons (Fsp3) is 0.400. The zero-order valence-electron chi connectivity index (χ0n) is 11.2. The predicted octanol–water partition coefficient (Wildman–Crippen LogP) is 1.74. The first-order chi connectivity index (χ1) is 9.16. The largest absolute Gasteiger partial charge is 0.508 e. The SMILES string of the molecule is Cc1cc(O)ccc1C(=O)NCCC1=CCNCC1. The van der Waals surface area contributed by atoms with Gasteiger partial charge in [-0.25, -0.2) is 0 Å². The van der Waals surface area contributed by atoms with Gasteiger partial charge in [-0.2, -0.15) is 0 Å². The van der Waals surface area contributed by atoms with Gasteiger partial charge in [0.2, 0.25) is 0 Å². The number of benzene rings is 1. The lowest BCUT2D eigenvalue weighted by molar-refractivity contribution is 0.0953. The van der Waals surface area contributed by atoms with Crippen molar-refractivity contribution < 1.29 is 9.90 Å². The first-order valence-electron chi connectivity index (χ1n) is 6.63. The van der Waals surface area contributed by atoms with Gasteiger partial charge in [0.15, 0.2) is 0 Å². The Morgan fingerprint density at radius 1 is 1.47 bits per heavy atom. The molecular weight excluding hydrogens is 240 g/mol. The van der Waals surface area contributed by atoms with Crippen LogP contribution in [0.1, 0.15) is 28.8 Å². The van der Waals surface area contributed by atoms with Gasteiger partial charge in [-0.3, -0.25) is 4.79 Å². The van der Waals surface area contributed by atoms with Crippen LogP contribution in [0.3, 0.4) is 0 Å². The molecule has 0 fully saturated rings. The molecular formula is C15H20N2O2. The summed E-state index contributed by atoms with van der Waals surface area (Å²) in [6.07, 6.45) is 4.17. The number of phenols is 1. The van der Waals surface area contributed by atoms with Crippen molar-refractivity contribution in [3.05, 3.63) is 41.0 Å². The minimum Gasteiger partial charge on any atom is -0.508 e. The fourth-order valence-electron chi connectivity index (χ4n) is 2.23. The second-order valence-corrected chi connectivity index (χ2v) is 4.82. The molecule has 1 aromatic rings. The molecule has 2 rings (SSSR count). The third-order valence-electron chi connectivity index (χ3n) is 3.34. The molecule has 0 atom stereocenters. The number of carbonyl (C=O) groups is 1. The molecule has 0 saturated carbocycles. The van der Waals surface area contributed by atoms with Gasteiger partial charge in [0.05, 0.1) is 0 Å². The van der Waals surface area contributed by atoms with E-state index in [2.05, 4.69) is 16.7 Å². The van der Waals surface area contributed by atoms with Crippen LogP contribution in [0.5, 0.6) is 5.75 Å². The number of hydrogen-bond acceptors (Lipinski definition) is 3. The number of aromatic hydroxyl groups is 1. The van der Waals surface area contributed by atoms with Crippen LogP contribution in [0, 0.1) is 6.92 Å². The van der Waals surface area contributed by atoms with Crippen LogP contribution in [0.15, 0.2) is 29.8 Å². The van der Waals surface area contributed by atoms with Crippen molar-refractivity contribution in [1.29, 1.82) is 0 Å². The monoisotopic (exact) mass is 260 g/mol. The van der Waals surface area contributed by atoms with Crippen molar-refractivity contribution in [2.75, 3.05) is 19.6 Å². The predicted molar refractivity (Wildman–Crippen MR) is 75.4 cm³/mol. The molecule has 102 valence electrons. The number of nitrogens with one attached hydrogen (secondary N) is 2. The Morgan fingerprint density at radius 2 is 2.32 bits per heavy atom. The summed E-state index contributed by atoms with van der Waals surface area (Å²) >= 11 is 0. The Kier molecular flexibility index (Phi) is 4.58. The molecule has 0 aliphatic carbocycles. The Hall–Kier alpha value is -1.81. The van der Waals surface area contributed by atoms with E-state index in [0.717, 1.165) is 31.5 Å². The number of hydrogen-bond donors (Lipinski definition) is 3. The number of rotatable bonds is 4. The number of aryl methyl sites for hydroxylation is 1. The maximum Gasteiger partial charge on any atom is 0.251 e. The van der Waals surface area contributed by atoms with Crippen LogP contribution in [0.2, 0.25) is 0 Å². The highest BCUT2D eigenvalue weighted by Gasteiger charge is 2.09. The second-order valence-electron chi connectivity index (χ2n) is 4.82. The van der Waals surface area contributed by atoms with Crippen LogP contribution in [0.4, 0.5) is 0 Å². The van der Waals surface area contributed by atoms with Crippen molar-refractivity contribution in [2.45, 2.75) is 19.8 Å². The van der Waals surface area contributed by atoms with E-state index in [1.54, 1.807) is 12.1 Å². The highest BCUT2D eigenvalue weighted by atomic mass is 16.3. The summed E-state index contributed by atoms with van der Waals surface area (Å²) in [6.45, 7) is 4.44. The van der Waals surface area contributed by atoms with E-state index in [-0.39, 0.29) is 11.7 Å². The van der Waals surface area contributed by atoms with Crippen molar-refractivity contribution in [3.8, 4) is 5.75 Å². The van der Waals surface area contributed by atoms with Crippen molar-refractivity contribution in [3.63, 3.8) is 0 Å². The van der Waals surface area contributed by atoms with Gasteiger partial charge in [-0.1, -0.05) is 11.6 Å². The van der Waals surface area contributed by atoms with Crippen LogP contribution >= 0.6 is 0 Å². The molecule has 0 bridgehead atoms. The van der Waals surface area contributed by atoms with Gasteiger partial charge in [0.1, 0.15) is 5.75 Å². The number of phenolic OH excluding ortho intramolecular Hbond substituents is 1. The molecule has 0 aromatic heterocycles. The highest BCUT2D eigenvalue weighted by Crippen LogP contribution is 2.15. The molecule has 0 unspecified atom stereocenters. The first kappa shape index (κ1) is 13.6. The lowest BCUT2D eigenvalue weighted by atomic mass is 10.1. The maximum atomic E-state index is 12.0. The molecule has 1 heterocycles. The minimum absolute atomic E-state index is 0.0768. The topological polar surface area (TPSA) is 61.4 Å². The normalized spacial score (nSPS) is 14.9. The molecule has 3 N–H and O–H groups in total. The van der Waals surface area contributed by atoms with E-state index in [0.29, 0.717) is 12.1 Å². The maximum absolute atomic E-state index is 12.0. The molecule has 1 aliphatic heterocycles. The van der Waals surface area contributed by atoms with Crippen LogP contribution in [-0.2, 0) is 0 Å². The van der Waals surface area contributed by atoms with Gasteiger partial charge in [0.25, 0.3) is 5.91 Å². The van der Waals surface area contributed by atoms with E-state index >= 15 is 0 Å². The van der Waals surface area contributed by atoms with Gasteiger partial charge >= 0.3 is 0 Å². The zero-order chi connectivity index (χ0) is 13.7. The first-order valence-corrected chi connectivity index (χ1v) is 6.63. The summed E-state index contributed by atoms with van der Waals surface area (Å²) in [5, 5.41) is 15.5. The number of amides is 1. The minimum atomic E-state index is -0.0768. The molecule has 0 saturated heterocycles. The summed E-state index contributed by atoms with van der Waals surface area (Å²) in [4.78, 5) is 12.0. The van der Waals surface area contributed by atoms with Gasteiger partial charge < -0.3 is 15.7 Å². The van der Waals surface area contributed by atoms with Crippen LogP contribution < -0.4 is 10.6 Å². The van der Waals surface area contributed by atoms with Crippen molar-refractivity contribution in [1.82, 2.24) is 10.6 Å². The van der Waals surface area contributed by atoms with Gasteiger partial charge in [0, 0.05) is 18.7 Å². The lowest BCUT2D eigenvalue weighted by Crippen LogP contribution is -2.27. The molecule has 1 aliphatic rings. The van der Waals surface area contributed by atoms with E-state index in [9.17, 15) is 9.90 Å². The highest BCUT2D eigenvalue weighted by molar-refractivity contribution is 5.95. The van der Waals surface area contributed by atoms with Crippen LogP contribution in [0.25, 0.3) is 0 Å². The Balaban J connectivity index is 1.85. The van der Waals surface area contributed by atoms with E-state index in [1.165, 1.54) is 11.6 Å². The lowest BCUT2D eigenvalue weighted by Gasteiger charge is -2.14. The van der Waals surface area contributed by atoms with Gasteiger partial charge in [-0.05, 0) is 50.1 Å². The number of carbonyl (C=O) groups excluding carboxylic acids is 1. The van der Waals surface area contributed by atoms with E-state index in [4.69, 9.17) is 0 Å². The Bertz CT molecular complexity index is 495. The molecule has 19 heavy (non-hydrogen) atoms. The smallest absolute Gasteiger partial charge is 0.251 e. The quantitative estimate of drug-likeness (QED) is 0.723. The summed E-state index contributed by atoms with van der Waals surface area (Å²) in [5.74, 6) is 0.112. The zero-order valence-corrected chi connectivity index (χ0v) is 11.2. The summed E-state index contributed by atoms with van der Waals surface area (Å²) in [6, 6.07) is 4.80. The van der Waals surface area contributed by atoms with Gasteiger partial charge in [-0.15, -0.1) is 0 Å². The fourth-order valence-corrected chi connectivity index (χ4v) is 2.23. The summed E-state index contributed by atoms with van der Waals surface area (Å²) < 4.78 is 0. The standard InChI is InChI=1S/C15H20N2O2/c1-11-10-13(18)2-3-14(11)15(19)17-9-6-12-4-7-16-8-5-12/h2-4,10,16,18H,5-9H2,1H3,(H,17,19). The van der Waals surface area contributed by atoms with E-state index in [1.807, 2.05) is 6.92 Å². The Morgan fingerprint density at radius 3 is 3.00 bits per heavy atom. The van der Waals surface area contributed by atoms with E-state index < -0.39 is 0 Å². The molecule has 0 spiro atoms. The molecule has 0 radical (unpaired) electrons. The molecule has 1 aromatic carbocycles. The third-order valence-corrected chi connectivity index (χ3v) is 3.34. The summed E-state index contributed by atoms with van der Waals surface area (Å²) in [7, 11) is 0. The second kappa shape index (κ2) is 6.38. The average molecular weight is 260 g/mol. The molecule has 1 amide bonds. The molecule has 4 nitrogen and oxygen atoms in total.